The Hall–Kier alpha value is -2.18. The Bertz CT molecular complexity index is 775. The first-order valence-electron chi connectivity index (χ1n) is 7.00. The Balaban J connectivity index is 1.83. The molecule has 6 heteroatoms. The highest BCUT2D eigenvalue weighted by Gasteiger charge is 2.24. The number of hydrogen-bond donors (Lipinski definition) is 1. The number of fused-ring (bicyclic) bond motifs is 1. The van der Waals surface area contributed by atoms with E-state index < -0.39 is 18.0 Å². The third-order valence-corrected chi connectivity index (χ3v) is 4.09. The molecule has 3 rings (SSSR count). The van der Waals surface area contributed by atoms with Crippen LogP contribution in [0.5, 0.6) is 0 Å². The molecule has 1 heterocycles. The topological polar surface area (TPSA) is 78.6 Å². The molecule has 0 fully saturated rings. The van der Waals surface area contributed by atoms with Gasteiger partial charge in [-0.25, -0.2) is 4.79 Å². The zero-order valence-corrected chi connectivity index (χ0v) is 13.7. The predicted octanol–water partition coefficient (Wildman–Crippen LogP) is 2.86. The lowest BCUT2D eigenvalue weighted by Crippen LogP contribution is -2.26. The van der Waals surface area contributed by atoms with Gasteiger partial charge in [0.2, 0.25) is 6.10 Å². The molecule has 0 radical (unpaired) electrons. The molecular weight excluding hydrogens is 362 g/mol. The van der Waals surface area contributed by atoms with E-state index in [0.29, 0.717) is 24.3 Å². The van der Waals surface area contributed by atoms with Crippen molar-refractivity contribution >= 4 is 27.8 Å². The zero-order valence-electron chi connectivity index (χ0n) is 12.1. The third kappa shape index (κ3) is 3.43. The summed E-state index contributed by atoms with van der Waals surface area (Å²) in [5.74, 6) is -1.32. The first-order chi connectivity index (χ1) is 11.0. The monoisotopic (exact) mass is 375 g/mol. The van der Waals surface area contributed by atoms with Crippen molar-refractivity contribution in [3.63, 3.8) is 0 Å². The number of hydrogen-bond acceptors (Lipinski definition) is 4. The van der Waals surface area contributed by atoms with Crippen LogP contribution in [0.2, 0.25) is 0 Å². The van der Waals surface area contributed by atoms with E-state index in [0.717, 1.165) is 15.6 Å². The fourth-order valence-electron chi connectivity index (χ4n) is 2.43. The minimum absolute atomic E-state index is 0.371. The molecule has 1 atom stereocenters. The molecule has 0 aliphatic carbocycles. The molecule has 1 unspecified atom stereocenters. The van der Waals surface area contributed by atoms with E-state index in [1.807, 2.05) is 12.1 Å². The standard InChI is InChI=1S/C17H14BrNO4/c18-14-3-1-2-10(7-14)15(16(19)20)23-17(21)11-4-5-12-8-22-9-13(12)6-11/h1-7,15H,8-9H2,(H2,19,20). The van der Waals surface area contributed by atoms with Crippen LogP contribution >= 0.6 is 15.9 Å². The van der Waals surface area contributed by atoms with Crippen LogP contribution in [0, 0.1) is 0 Å². The fourth-order valence-corrected chi connectivity index (χ4v) is 2.85. The second kappa shape index (κ2) is 6.52. The molecule has 1 aliphatic rings. The summed E-state index contributed by atoms with van der Waals surface area (Å²) >= 11 is 3.32. The molecule has 118 valence electrons. The van der Waals surface area contributed by atoms with Crippen LogP contribution < -0.4 is 5.73 Å². The van der Waals surface area contributed by atoms with Gasteiger partial charge in [0.15, 0.2) is 0 Å². The number of amides is 1. The molecule has 1 amide bonds. The van der Waals surface area contributed by atoms with Crippen molar-refractivity contribution in [2.45, 2.75) is 19.3 Å². The van der Waals surface area contributed by atoms with Crippen LogP contribution in [0.4, 0.5) is 0 Å². The van der Waals surface area contributed by atoms with E-state index in [1.165, 1.54) is 0 Å². The van der Waals surface area contributed by atoms with Crippen LogP contribution in [-0.2, 0) is 27.5 Å². The average Bonchev–Trinajstić information content (AvgIpc) is 2.99. The number of rotatable bonds is 4. The van der Waals surface area contributed by atoms with Crippen LogP contribution in [-0.4, -0.2) is 11.9 Å². The lowest BCUT2D eigenvalue weighted by Gasteiger charge is -2.15. The van der Waals surface area contributed by atoms with Gasteiger partial charge < -0.3 is 15.2 Å². The maximum Gasteiger partial charge on any atom is 0.339 e. The highest BCUT2D eigenvalue weighted by molar-refractivity contribution is 9.10. The lowest BCUT2D eigenvalue weighted by molar-refractivity contribution is -0.127. The summed E-state index contributed by atoms with van der Waals surface area (Å²) in [5.41, 5.74) is 8.28. The molecule has 0 saturated carbocycles. The van der Waals surface area contributed by atoms with Gasteiger partial charge in [-0.05, 0) is 35.4 Å². The number of esters is 1. The van der Waals surface area contributed by atoms with Crippen molar-refractivity contribution in [1.82, 2.24) is 0 Å². The average molecular weight is 376 g/mol. The van der Waals surface area contributed by atoms with Gasteiger partial charge in [0.25, 0.3) is 5.91 Å². The highest BCUT2D eigenvalue weighted by Crippen LogP contribution is 2.25. The number of carbonyl (C=O) groups is 2. The van der Waals surface area contributed by atoms with Crippen LogP contribution in [0.1, 0.15) is 33.2 Å². The molecule has 0 bridgehead atoms. The van der Waals surface area contributed by atoms with Crippen molar-refractivity contribution in [1.29, 1.82) is 0 Å². The molecule has 2 N–H and O–H groups in total. The second-order valence-corrected chi connectivity index (χ2v) is 6.13. The van der Waals surface area contributed by atoms with E-state index in [4.69, 9.17) is 15.2 Å². The molecule has 5 nitrogen and oxygen atoms in total. The fraction of sp³-hybridized carbons (Fsp3) is 0.176. The first kappa shape index (κ1) is 15.7. The van der Waals surface area contributed by atoms with Gasteiger partial charge in [-0.2, -0.15) is 0 Å². The zero-order chi connectivity index (χ0) is 16.4. The minimum atomic E-state index is -1.13. The Morgan fingerprint density at radius 3 is 2.65 bits per heavy atom. The summed E-state index contributed by atoms with van der Waals surface area (Å²) in [5, 5.41) is 0. The van der Waals surface area contributed by atoms with Crippen molar-refractivity contribution < 1.29 is 19.1 Å². The first-order valence-corrected chi connectivity index (χ1v) is 7.79. The number of primary amides is 1. The quantitative estimate of drug-likeness (QED) is 0.833. The molecule has 2 aromatic carbocycles. The molecule has 0 saturated heterocycles. The molecular formula is C17H14BrNO4. The van der Waals surface area contributed by atoms with Gasteiger partial charge in [-0.1, -0.05) is 34.1 Å². The van der Waals surface area contributed by atoms with Gasteiger partial charge in [0.1, 0.15) is 0 Å². The molecule has 0 aromatic heterocycles. The third-order valence-electron chi connectivity index (χ3n) is 3.59. The molecule has 23 heavy (non-hydrogen) atoms. The van der Waals surface area contributed by atoms with Crippen LogP contribution in [0.25, 0.3) is 0 Å². The summed E-state index contributed by atoms with van der Waals surface area (Å²) in [6.07, 6.45) is -1.13. The second-order valence-electron chi connectivity index (χ2n) is 5.22. The van der Waals surface area contributed by atoms with E-state index >= 15 is 0 Å². The van der Waals surface area contributed by atoms with Crippen LogP contribution in [0.3, 0.4) is 0 Å². The maximum absolute atomic E-state index is 12.3. The number of carbonyl (C=O) groups excluding carboxylic acids is 2. The summed E-state index contributed by atoms with van der Waals surface area (Å²) in [6, 6.07) is 12.2. The Morgan fingerprint density at radius 2 is 1.91 bits per heavy atom. The van der Waals surface area contributed by atoms with E-state index in [1.54, 1.807) is 30.3 Å². The predicted molar refractivity (Wildman–Crippen MR) is 86.4 cm³/mol. The summed E-state index contributed by atoms with van der Waals surface area (Å²) in [4.78, 5) is 24.0. The maximum atomic E-state index is 12.3. The number of halogens is 1. The van der Waals surface area contributed by atoms with Gasteiger partial charge in [0, 0.05) is 10.0 Å². The van der Waals surface area contributed by atoms with Gasteiger partial charge >= 0.3 is 5.97 Å². The minimum Gasteiger partial charge on any atom is -0.444 e. The van der Waals surface area contributed by atoms with E-state index in [2.05, 4.69) is 15.9 Å². The Morgan fingerprint density at radius 1 is 1.13 bits per heavy atom. The Labute approximate surface area is 141 Å². The molecule has 1 aliphatic heterocycles. The summed E-state index contributed by atoms with van der Waals surface area (Å²) in [7, 11) is 0. The van der Waals surface area contributed by atoms with Crippen molar-refractivity contribution in [2.24, 2.45) is 5.73 Å². The van der Waals surface area contributed by atoms with Crippen molar-refractivity contribution in [2.75, 3.05) is 0 Å². The van der Waals surface area contributed by atoms with E-state index in [-0.39, 0.29) is 0 Å². The number of benzene rings is 2. The highest BCUT2D eigenvalue weighted by atomic mass is 79.9. The van der Waals surface area contributed by atoms with Crippen molar-refractivity contribution in [3.8, 4) is 0 Å². The summed E-state index contributed by atoms with van der Waals surface area (Å²) < 4.78 is 11.4. The molecule has 0 spiro atoms. The van der Waals surface area contributed by atoms with Crippen LogP contribution in [0.15, 0.2) is 46.9 Å². The SMILES string of the molecule is NC(=O)C(OC(=O)c1ccc2c(c1)COC2)c1cccc(Br)c1. The summed E-state index contributed by atoms with van der Waals surface area (Å²) in [6.45, 7) is 1.02. The van der Waals surface area contributed by atoms with E-state index in [9.17, 15) is 9.59 Å². The largest absolute Gasteiger partial charge is 0.444 e. The van der Waals surface area contributed by atoms with Gasteiger partial charge in [-0.3, -0.25) is 4.79 Å². The van der Waals surface area contributed by atoms with Crippen molar-refractivity contribution in [3.05, 3.63) is 69.2 Å². The molecule has 2 aromatic rings. The lowest BCUT2D eigenvalue weighted by atomic mass is 10.1. The van der Waals surface area contributed by atoms with Gasteiger partial charge in [0.05, 0.1) is 18.8 Å². The number of ether oxygens (including phenoxy) is 2. The smallest absolute Gasteiger partial charge is 0.339 e. The number of nitrogens with two attached hydrogens (primary N) is 1. The normalized spacial score (nSPS) is 14.1. The Kier molecular flexibility index (Phi) is 4.45. The van der Waals surface area contributed by atoms with Gasteiger partial charge in [-0.15, -0.1) is 0 Å².